The largest absolute Gasteiger partial charge is 0.466 e. The number of aromatic nitrogens is 3. The number of benzene rings is 2. The van der Waals surface area contributed by atoms with Crippen LogP contribution in [0.5, 0.6) is 0 Å². The molecule has 12 heteroatoms. The SMILES string of the molecule is COC(=O)C1=C(C)N(c2cccc(C(F)(F)F)c2)c2n[nH]c(=O)n2C1c1ccc(C#N)cc1CCCN(C12CC3CC(CC(C3)C1)C2)C12CC3CC(CC(C3)C1)C2. The number of rotatable bonds is 9. The fourth-order valence-corrected chi connectivity index (χ4v) is 14.4. The van der Waals surface area contributed by atoms with Gasteiger partial charge in [-0.3, -0.25) is 9.80 Å². The number of hydrogen-bond donors (Lipinski definition) is 1. The lowest BCUT2D eigenvalue weighted by Gasteiger charge is -2.69. The van der Waals surface area contributed by atoms with Crippen LogP contribution in [-0.2, 0) is 22.1 Å². The van der Waals surface area contributed by atoms with E-state index in [-0.39, 0.29) is 28.3 Å². The van der Waals surface area contributed by atoms with Crippen LogP contribution in [0.25, 0.3) is 0 Å². The summed E-state index contributed by atoms with van der Waals surface area (Å²) in [5.41, 5.74) is 1.52. The standard InChI is InChI=1S/C45H51F3N6O3/c1-26-38(40(55)57-2)39(54-41(50-51-42(54)56)53(26)36-7-3-6-35(18-36)45(46,47)48)37-9-8-27(25-49)17-34(37)5-4-10-52(43-19-28-11-29(20-43)13-30(12-28)21-43)44-22-31-14-32(23-44)16-33(15-31)24-44/h3,6-9,17-18,28-33,39H,4-5,10-16,19-24H2,1-2H3,(H,51,56). The number of nitrogens with one attached hydrogen (secondary N) is 1. The van der Waals surface area contributed by atoms with E-state index in [4.69, 9.17) is 4.74 Å². The van der Waals surface area contributed by atoms with Crippen LogP contribution in [0, 0.1) is 46.8 Å². The van der Waals surface area contributed by atoms with Gasteiger partial charge >= 0.3 is 17.8 Å². The molecule has 2 aromatic carbocycles. The Morgan fingerprint density at radius 2 is 1.51 bits per heavy atom. The second-order valence-electron chi connectivity index (χ2n) is 19.0. The van der Waals surface area contributed by atoms with Gasteiger partial charge in [-0.05, 0) is 180 Å². The Labute approximate surface area is 331 Å². The van der Waals surface area contributed by atoms with Crippen molar-refractivity contribution in [2.45, 2.75) is 120 Å². The molecule has 3 aromatic rings. The molecule has 300 valence electrons. The molecule has 0 amide bonds. The molecule has 1 N–H and O–H groups in total. The lowest BCUT2D eigenvalue weighted by atomic mass is 9.48. The number of aromatic amines is 1. The summed E-state index contributed by atoms with van der Waals surface area (Å²) in [4.78, 5) is 32.1. The van der Waals surface area contributed by atoms with Crippen LogP contribution in [0.1, 0.15) is 119 Å². The predicted octanol–water partition coefficient (Wildman–Crippen LogP) is 8.82. The summed E-state index contributed by atoms with van der Waals surface area (Å²) in [7, 11) is 1.26. The molecule has 9 aliphatic rings. The third-order valence-corrected chi connectivity index (χ3v) is 15.5. The average Bonchev–Trinajstić information content (AvgIpc) is 3.54. The number of H-pyrrole nitrogens is 1. The van der Waals surface area contributed by atoms with Gasteiger partial charge in [-0.2, -0.15) is 18.4 Å². The lowest BCUT2D eigenvalue weighted by Crippen LogP contribution is -2.70. The molecular weight excluding hydrogens is 730 g/mol. The molecular formula is C45H51F3N6O3. The fraction of sp³-hybridized carbons (Fsp3) is 0.600. The molecule has 8 saturated carbocycles. The molecule has 12 rings (SSSR count). The van der Waals surface area contributed by atoms with Crippen LogP contribution >= 0.6 is 0 Å². The van der Waals surface area contributed by atoms with Gasteiger partial charge in [0.2, 0.25) is 5.95 Å². The molecule has 1 atom stereocenters. The Bertz CT molecular complexity index is 2130. The molecule has 57 heavy (non-hydrogen) atoms. The second-order valence-corrected chi connectivity index (χ2v) is 19.0. The summed E-state index contributed by atoms with van der Waals surface area (Å²) < 4.78 is 48.4. The molecule has 8 aliphatic carbocycles. The van der Waals surface area contributed by atoms with Gasteiger partial charge in [-0.1, -0.05) is 12.1 Å². The quantitative estimate of drug-likeness (QED) is 0.216. The van der Waals surface area contributed by atoms with Gasteiger partial charge in [0.05, 0.1) is 29.9 Å². The highest BCUT2D eigenvalue weighted by Gasteiger charge is 2.61. The van der Waals surface area contributed by atoms with Crippen molar-refractivity contribution < 1.29 is 22.7 Å². The number of aryl methyl sites for hydroxylation is 1. The van der Waals surface area contributed by atoms with Crippen molar-refractivity contribution >= 4 is 17.6 Å². The van der Waals surface area contributed by atoms with Gasteiger partial charge in [0.1, 0.15) is 6.04 Å². The molecule has 2 heterocycles. The molecule has 1 aliphatic heterocycles. The van der Waals surface area contributed by atoms with Gasteiger partial charge < -0.3 is 4.74 Å². The minimum Gasteiger partial charge on any atom is -0.466 e. The van der Waals surface area contributed by atoms with Crippen LogP contribution in [-0.4, -0.2) is 50.4 Å². The third-order valence-electron chi connectivity index (χ3n) is 15.5. The van der Waals surface area contributed by atoms with E-state index in [9.17, 15) is 28.0 Å². The number of methoxy groups -OCH3 is 1. The summed E-state index contributed by atoms with van der Waals surface area (Å²) in [6.07, 6.45) is 13.2. The molecule has 0 spiro atoms. The van der Waals surface area contributed by atoms with Crippen molar-refractivity contribution in [2.75, 3.05) is 18.6 Å². The van der Waals surface area contributed by atoms with Crippen LogP contribution in [0.3, 0.4) is 0 Å². The molecule has 0 radical (unpaired) electrons. The summed E-state index contributed by atoms with van der Waals surface area (Å²) in [6.45, 7) is 2.61. The fourth-order valence-electron chi connectivity index (χ4n) is 14.4. The molecule has 1 unspecified atom stereocenters. The summed E-state index contributed by atoms with van der Waals surface area (Å²) in [5.74, 6) is 4.36. The van der Waals surface area contributed by atoms with E-state index >= 15 is 0 Å². The van der Waals surface area contributed by atoms with Crippen molar-refractivity contribution in [3.8, 4) is 6.07 Å². The normalized spacial score (nSPS) is 33.6. The van der Waals surface area contributed by atoms with Gasteiger partial charge in [0, 0.05) is 22.5 Å². The first-order valence-corrected chi connectivity index (χ1v) is 21.1. The average molecular weight is 781 g/mol. The second kappa shape index (κ2) is 13.3. The Kier molecular flexibility index (Phi) is 8.64. The number of esters is 1. The zero-order valence-corrected chi connectivity index (χ0v) is 32.8. The van der Waals surface area contributed by atoms with Crippen LogP contribution in [0.4, 0.5) is 24.8 Å². The molecule has 1 aromatic heterocycles. The Morgan fingerprint density at radius 1 is 0.930 bits per heavy atom. The van der Waals surface area contributed by atoms with Crippen LogP contribution in [0.15, 0.2) is 58.5 Å². The number of alkyl halides is 3. The van der Waals surface area contributed by atoms with Crippen LogP contribution in [0.2, 0.25) is 0 Å². The highest BCUT2D eigenvalue weighted by molar-refractivity contribution is 5.93. The summed E-state index contributed by atoms with van der Waals surface area (Å²) >= 11 is 0. The summed E-state index contributed by atoms with van der Waals surface area (Å²) in [6, 6.07) is 11.4. The van der Waals surface area contributed by atoms with Crippen molar-refractivity contribution in [2.24, 2.45) is 35.5 Å². The van der Waals surface area contributed by atoms with E-state index < -0.39 is 29.4 Å². The maximum atomic E-state index is 13.9. The lowest BCUT2D eigenvalue weighted by molar-refractivity contribution is -0.178. The van der Waals surface area contributed by atoms with E-state index in [1.807, 2.05) is 12.1 Å². The number of allylic oxidation sites excluding steroid dienone is 1. The number of carbonyl (C=O) groups is 1. The van der Waals surface area contributed by atoms with Crippen molar-refractivity contribution in [1.29, 1.82) is 5.26 Å². The number of halogens is 3. The van der Waals surface area contributed by atoms with E-state index in [0.717, 1.165) is 66.2 Å². The number of anilines is 2. The van der Waals surface area contributed by atoms with E-state index in [1.54, 1.807) is 13.0 Å². The number of ether oxygens (including phenoxy) is 1. The van der Waals surface area contributed by atoms with Crippen molar-refractivity contribution in [3.05, 3.63) is 86.5 Å². The van der Waals surface area contributed by atoms with Crippen LogP contribution < -0.4 is 10.6 Å². The van der Waals surface area contributed by atoms with Gasteiger partial charge in [-0.25, -0.2) is 19.3 Å². The Morgan fingerprint density at radius 3 is 2.04 bits per heavy atom. The Balaban J connectivity index is 1.03. The number of fused-ring (bicyclic) bond motifs is 1. The summed E-state index contributed by atoms with van der Waals surface area (Å²) in [5, 5.41) is 16.9. The minimum absolute atomic E-state index is 0.0552. The highest BCUT2D eigenvalue weighted by atomic mass is 19.4. The first-order chi connectivity index (χ1) is 27.4. The maximum absolute atomic E-state index is 13.9. The van der Waals surface area contributed by atoms with Crippen molar-refractivity contribution in [3.63, 3.8) is 0 Å². The number of nitriles is 1. The van der Waals surface area contributed by atoms with Gasteiger partial charge in [0.15, 0.2) is 0 Å². The zero-order chi connectivity index (χ0) is 39.4. The zero-order valence-electron chi connectivity index (χ0n) is 32.8. The highest BCUT2D eigenvalue weighted by Crippen LogP contribution is 2.64. The van der Waals surface area contributed by atoms with E-state index in [1.165, 1.54) is 106 Å². The molecule has 0 saturated heterocycles. The smallest absolute Gasteiger partial charge is 0.416 e. The van der Waals surface area contributed by atoms with Gasteiger partial charge in [0.25, 0.3) is 0 Å². The third kappa shape index (κ3) is 6.00. The first kappa shape index (κ1) is 36.9. The number of hydrogen-bond acceptors (Lipinski definition) is 7. The topological polar surface area (TPSA) is 107 Å². The minimum atomic E-state index is -4.61. The molecule has 8 fully saturated rings. The van der Waals surface area contributed by atoms with E-state index in [0.29, 0.717) is 23.2 Å². The van der Waals surface area contributed by atoms with Crippen molar-refractivity contribution in [1.82, 2.24) is 19.7 Å². The molecule has 8 bridgehead atoms. The predicted molar refractivity (Wildman–Crippen MR) is 207 cm³/mol. The maximum Gasteiger partial charge on any atom is 0.416 e. The molecule has 9 nitrogen and oxygen atoms in total. The monoisotopic (exact) mass is 780 g/mol. The number of nitrogens with zero attached hydrogens (tertiary/aromatic N) is 5. The van der Waals surface area contributed by atoms with E-state index in [2.05, 4.69) is 21.2 Å². The van der Waals surface area contributed by atoms with Gasteiger partial charge in [-0.15, -0.1) is 5.10 Å². The first-order valence-electron chi connectivity index (χ1n) is 21.1. The Hall–Kier alpha value is -4.37. The number of carbonyl (C=O) groups excluding carboxylic acids is 1.